The summed E-state index contributed by atoms with van der Waals surface area (Å²) in [6.07, 6.45) is 4.69. The highest BCUT2D eigenvalue weighted by molar-refractivity contribution is 6.27. The number of carboxylic acids is 1. The molecule has 7 heteroatoms. The standard InChI is InChI=1S/C21H20N2O5/c24-16(25)11-22-20(28)17-18(26)15-10-14(13-6-2-1-3-7-13)12-23(15)21(19(17)27)8-4-5-9-21/h1-3,6-7,10,12,26H,4-5,8-9,11H2,(H,22,28)(H,24,25). The van der Waals surface area contributed by atoms with Crippen LogP contribution < -0.4 is 5.32 Å². The van der Waals surface area contributed by atoms with Crippen LogP contribution in [0.5, 0.6) is 0 Å². The second-order valence-corrected chi connectivity index (χ2v) is 7.22. The van der Waals surface area contributed by atoms with Crippen LogP contribution in [0.1, 0.15) is 31.4 Å². The van der Waals surface area contributed by atoms with Crippen LogP contribution in [0.15, 0.2) is 48.2 Å². The fourth-order valence-electron chi connectivity index (χ4n) is 4.25. The molecule has 2 heterocycles. The number of hydrogen-bond acceptors (Lipinski definition) is 4. The molecule has 1 amide bonds. The number of fused-ring (bicyclic) bond motifs is 2. The van der Waals surface area contributed by atoms with Gasteiger partial charge < -0.3 is 20.1 Å². The van der Waals surface area contributed by atoms with Gasteiger partial charge in [-0.1, -0.05) is 43.2 Å². The molecule has 1 aliphatic heterocycles. The molecule has 0 radical (unpaired) electrons. The van der Waals surface area contributed by atoms with Crippen LogP contribution in [-0.4, -0.2) is 39.0 Å². The van der Waals surface area contributed by atoms with Crippen LogP contribution in [0.3, 0.4) is 0 Å². The molecule has 1 aromatic carbocycles. The summed E-state index contributed by atoms with van der Waals surface area (Å²) in [4.78, 5) is 36.6. The number of amides is 1. The minimum atomic E-state index is -1.22. The number of nitrogens with zero attached hydrogens (tertiary/aromatic N) is 1. The summed E-state index contributed by atoms with van der Waals surface area (Å²) in [7, 11) is 0. The van der Waals surface area contributed by atoms with Crippen molar-refractivity contribution in [3.8, 4) is 11.1 Å². The van der Waals surface area contributed by atoms with Gasteiger partial charge in [0.1, 0.15) is 17.7 Å². The van der Waals surface area contributed by atoms with Gasteiger partial charge in [-0.05, 0) is 24.5 Å². The largest absolute Gasteiger partial charge is 0.505 e. The molecule has 3 N–H and O–H groups in total. The number of ketones is 1. The fourth-order valence-corrected chi connectivity index (χ4v) is 4.25. The predicted molar refractivity (Wildman–Crippen MR) is 102 cm³/mol. The molecule has 1 spiro atoms. The van der Waals surface area contributed by atoms with Gasteiger partial charge in [0, 0.05) is 11.8 Å². The molecule has 4 rings (SSSR count). The molecular formula is C21H20N2O5. The second-order valence-electron chi connectivity index (χ2n) is 7.22. The minimum Gasteiger partial charge on any atom is -0.505 e. The normalized spacial score (nSPS) is 17.6. The summed E-state index contributed by atoms with van der Waals surface area (Å²) < 4.78 is 1.80. The highest BCUT2D eigenvalue weighted by Crippen LogP contribution is 2.46. The van der Waals surface area contributed by atoms with E-state index in [9.17, 15) is 19.5 Å². The number of carbonyl (C=O) groups is 3. The summed E-state index contributed by atoms with van der Waals surface area (Å²) in [6, 6.07) is 11.4. The number of aromatic nitrogens is 1. The van der Waals surface area contributed by atoms with E-state index in [1.54, 1.807) is 10.6 Å². The Morgan fingerprint density at radius 2 is 1.79 bits per heavy atom. The third-order valence-corrected chi connectivity index (χ3v) is 5.58. The van der Waals surface area contributed by atoms with E-state index in [0.717, 1.165) is 24.0 Å². The zero-order valence-corrected chi connectivity index (χ0v) is 15.1. The molecule has 2 aromatic rings. The van der Waals surface area contributed by atoms with Crippen LogP contribution in [-0.2, 0) is 19.9 Å². The predicted octanol–water partition coefficient (Wildman–Crippen LogP) is 2.48. The van der Waals surface area contributed by atoms with Gasteiger partial charge in [0.05, 0.1) is 5.69 Å². The van der Waals surface area contributed by atoms with Crippen LogP contribution in [0.2, 0.25) is 0 Å². The Hall–Kier alpha value is -3.35. The first-order chi connectivity index (χ1) is 13.4. The van der Waals surface area contributed by atoms with E-state index in [0.29, 0.717) is 18.5 Å². The molecular weight excluding hydrogens is 360 g/mol. The van der Waals surface area contributed by atoms with Crippen LogP contribution in [0.4, 0.5) is 0 Å². The summed E-state index contributed by atoms with van der Waals surface area (Å²) in [5.41, 5.74) is 0.919. The van der Waals surface area contributed by atoms with Crippen molar-refractivity contribution in [2.24, 2.45) is 0 Å². The number of Topliss-reactive ketones (excluding diaryl/α,β-unsaturated/α-hetero) is 1. The van der Waals surface area contributed by atoms with E-state index >= 15 is 0 Å². The molecule has 0 saturated heterocycles. The Balaban J connectivity index is 1.85. The Bertz CT molecular complexity index is 997. The van der Waals surface area contributed by atoms with Crippen molar-refractivity contribution in [1.29, 1.82) is 0 Å². The topological polar surface area (TPSA) is 109 Å². The van der Waals surface area contributed by atoms with Crippen molar-refractivity contribution in [1.82, 2.24) is 9.88 Å². The Kier molecular flexibility index (Phi) is 4.30. The van der Waals surface area contributed by atoms with Crippen molar-refractivity contribution in [2.75, 3.05) is 6.54 Å². The SMILES string of the molecule is O=C(O)CNC(=O)C1=C(O)c2cc(-c3ccccc3)cn2C2(CCCC2)C1=O. The molecule has 0 atom stereocenters. The lowest BCUT2D eigenvalue weighted by Crippen LogP contribution is -2.47. The number of hydrogen-bond donors (Lipinski definition) is 3. The Morgan fingerprint density at radius 3 is 2.43 bits per heavy atom. The summed E-state index contributed by atoms with van der Waals surface area (Å²) in [5.74, 6) is -2.94. The van der Waals surface area contributed by atoms with Gasteiger partial charge >= 0.3 is 5.97 Å². The van der Waals surface area contributed by atoms with Crippen LogP contribution >= 0.6 is 0 Å². The number of aliphatic hydroxyl groups excluding tert-OH is 1. The smallest absolute Gasteiger partial charge is 0.322 e. The fraction of sp³-hybridized carbons (Fsp3) is 0.286. The van der Waals surface area contributed by atoms with E-state index < -0.39 is 35.5 Å². The number of carboxylic acid groups (broad SMARTS) is 1. The minimum absolute atomic E-state index is 0.353. The van der Waals surface area contributed by atoms with E-state index in [2.05, 4.69) is 5.32 Å². The third kappa shape index (κ3) is 2.70. The molecule has 144 valence electrons. The molecule has 2 aliphatic rings. The van der Waals surface area contributed by atoms with Crippen LogP contribution in [0.25, 0.3) is 16.9 Å². The zero-order valence-electron chi connectivity index (χ0n) is 15.1. The lowest BCUT2D eigenvalue weighted by Gasteiger charge is -2.35. The van der Waals surface area contributed by atoms with Crippen molar-refractivity contribution in [3.63, 3.8) is 0 Å². The highest BCUT2D eigenvalue weighted by atomic mass is 16.4. The van der Waals surface area contributed by atoms with E-state index in [-0.39, 0.29) is 5.57 Å². The first kappa shape index (κ1) is 18.0. The quantitative estimate of drug-likeness (QED) is 0.706. The third-order valence-electron chi connectivity index (χ3n) is 5.58. The molecule has 1 aliphatic carbocycles. The van der Waals surface area contributed by atoms with E-state index in [4.69, 9.17) is 5.11 Å². The number of rotatable bonds is 4. The maximum absolute atomic E-state index is 13.3. The lowest BCUT2D eigenvalue weighted by molar-refractivity contribution is -0.138. The molecule has 0 bridgehead atoms. The summed E-state index contributed by atoms with van der Waals surface area (Å²) in [5, 5.41) is 21.8. The summed E-state index contributed by atoms with van der Waals surface area (Å²) in [6.45, 7) is -0.619. The molecule has 7 nitrogen and oxygen atoms in total. The Morgan fingerprint density at radius 1 is 1.11 bits per heavy atom. The van der Waals surface area contributed by atoms with Crippen molar-refractivity contribution >= 4 is 23.4 Å². The molecule has 1 aromatic heterocycles. The van der Waals surface area contributed by atoms with Gasteiger partial charge in [0.25, 0.3) is 5.91 Å². The van der Waals surface area contributed by atoms with E-state index in [1.165, 1.54) is 0 Å². The maximum Gasteiger partial charge on any atom is 0.322 e. The first-order valence-electron chi connectivity index (χ1n) is 9.21. The van der Waals surface area contributed by atoms with Gasteiger partial charge in [-0.3, -0.25) is 14.4 Å². The summed E-state index contributed by atoms with van der Waals surface area (Å²) >= 11 is 0. The molecule has 28 heavy (non-hydrogen) atoms. The van der Waals surface area contributed by atoms with Crippen molar-refractivity contribution < 1.29 is 24.6 Å². The van der Waals surface area contributed by atoms with Gasteiger partial charge in [-0.15, -0.1) is 0 Å². The van der Waals surface area contributed by atoms with Crippen LogP contribution in [0, 0.1) is 0 Å². The van der Waals surface area contributed by atoms with Gasteiger partial charge in [-0.2, -0.15) is 0 Å². The lowest BCUT2D eigenvalue weighted by atomic mass is 9.83. The number of aliphatic hydroxyl groups is 1. The second kappa shape index (κ2) is 6.67. The monoisotopic (exact) mass is 380 g/mol. The zero-order chi connectivity index (χ0) is 19.9. The van der Waals surface area contributed by atoms with Gasteiger partial charge in [-0.25, -0.2) is 0 Å². The maximum atomic E-state index is 13.3. The average molecular weight is 380 g/mol. The number of benzene rings is 1. The molecule has 1 fully saturated rings. The van der Waals surface area contributed by atoms with Gasteiger partial charge in [0.15, 0.2) is 11.5 Å². The van der Waals surface area contributed by atoms with Gasteiger partial charge in [0.2, 0.25) is 0 Å². The number of nitrogens with one attached hydrogen (secondary N) is 1. The number of aliphatic carboxylic acids is 1. The number of carbonyl (C=O) groups excluding carboxylic acids is 2. The molecule has 1 saturated carbocycles. The van der Waals surface area contributed by atoms with Crippen molar-refractivity contribution in [2.45, 2.75) is 31.2 Å². The highest BCUT2D eigenvalue weighted by Gasteiger charge is 2.50. The Labute approximate surface area is 161 Å². The van der Waals surface area contributed by atoms with Crippen molar-refractivity contribution in [3.05, 3.63) is 53.9 Å². The van der Waals surface area contributed by atoms with E-state index in [1.807, 2.05) is 36.5 Å². The molecule has 0 unspecified atom stereocenters. The first-order valence-corrected chi connectivity index (χ1v) is 9.21. The average Bonchev–Trinajstić information content (AvgIpc) is 3.34.